The van der Waals surface area contributed by atoms with Gasteiger partial charge in [0, 0.05) is 11.6 Å². The highest BCUT2D eigenvalue weighted by atomic mass is 35.5. The molecule has 1 aliphatic rings. The summed E-state index contributed by atoms with van der Waals surface area (Å²) in [6.45, 7) is 0.502. The van der Waals surface area contributed by atoms with Gasteiger partial charge in [-0.05, 0) is 37.0 Å². The van der Waals surface area contributed by atoms with E-state index in [-0.39, 0.29) is 11.8 Å². The van der Waals surface area contributed by atoms with Crippen LogP contribution < -0.4 is 5.32 Å². The third-order valence-electron chi connectivity index (χ3n) is 3.77. The molecule has 0 heterocycles. The molecule has 2 N–H and O–H groups in total. The van der Waals surface area contributed by atoms with E-state index in [1.807, 2.05) is 18.2 Å². The lowest BCUT2D eigenvalue weighted by Crippen LogP contribution is -2.36. The smallest absolute Gasteiger partial charge is 0.307 e. The van der Waals surface area contributed by atoms with Gasteiger partial charge in [-0.25, -0.2) is 0 Å². The largest absolute Gasteiger partial charge is 0.481 e. The van der Waals surface area contributed by atoms with Gasteiger partial charge in [-0.2, -0.15) is 0 Å². The number of hydrogen-bond acceptors (Lipinski definition) is 2. The maximum atomic E-state index is 12.0. The molecular weight excluding hydrogens is 278 g/mol. The third kappa shape index (κ3) is 3.73. The van der Waals surface area contributed by atoms with Crippen LogP contribution >= 0.6 is 11.6 Å². The van der Waals surface area contributed by atoms with Crippen molar-refractivity contribution >= 4 is 23.5 Å². The summed E-state index contributed by atoms with van der Waals surface area (Å²) in [5.41, 5.74) is 1.05. The summed E-state index contributed by atoms with van der Waals surface area (Å²) >= 11 is 5.89. The predicted molar refractivity (Wildman–Crippen MR) is 76.6 cm³/mol. The molecule has 0 radical (unpaired) electrons. The number of amides is 1. The first-order valence-electron chi connectivity index (χ1n) is 6.83. The number of nitrogens with one attached hydrogen (secondary N) is 1. The van der Waals surface area contributed by atoms with Gasteiger partial charge in [0.1, 0.15) is 0 Å². The molecule has 1 fully saturated rings. The Morgan fingerprint density at radius 2 is 2.05 bits per heavy atom. The molecule has 5 heteroatoms. The molecular formula is C15H18ClNO3. The minimum Gasteiger partial charge on any atom is -0.481 e. The maximum absolute atomic E-state index is 12.0. The van der Waals surface area contributed by atoms with Crippen molar-refractivity contribution in [3.63, 3.8) is 0 Å². The van der Waals surface area contributed by atoms with Gasteiger partial charge in [-0.3, -0.25) is 9.59 Å². The van der Waals surface area contributed by atoms with Gasteiger partial charge >= 0.3 is 5.97 Å². The van der Waals surface area contributed by atoms with Crippen molar-refractivity contribution in [1.29, 1.82) is 0 Å². The molecule has 0 aromatic heterocycles. The molecule has 1 amide bonds. The van der Waals surface area contributed by atoms with Gasteiger partial charge in [0.25, 0.3) is 0 Å². The van der Waals surface area contributed by atoms with Crippen molar-refractivity contribution in [1.82, 2.24) is 5.32 Å². The second-order valence-corrected chi connectivity index (χ2v) is 5.59. The summed E-state index contributed by atoms with van der Waals surface area (Å²) < 4.78 is 0. The van der Waals surface area contributed by atoms with E-state index in [1.54, 1.807) is 6.07 Å². The topological polar surface area (TPSA) is 66.4 Å². The molecule has 108 valence electrons. The van der Waals surface area contributed by atoms with Crippen molar-refractivity contribution in [3.05, 3.63) is 34.9 Å². The normalized spacial score (nSPS) is 21.6. The highest BCUT2D eigenvalue weighted by Crippen LogP contribution is 2.31. The van der Waals surface area contributed by atoms with E-state index in [1.165, 1.54) is 0 Å². The molecule has 0 bridgehead atoms. The number of carboxylic acid groups (broad SMARTS) is 1. The monoisotopic (exact) mass is 295 g/mol. The predicted octanol–water partition coefficient (Wildman–Crippen LogP) is 2.50. The number of aliphatic carboxylic acids is 1. The minimum atomic E-state index is -0.863. The van der Waals surface area contributed by atoms with Crippen molar-refractivity contribution in [3.8, 4) is 0 Å². The quantitative estimate of drug-likeness (QED) is 0.877. The van der Waals surface area contributed by atoms with Gasteiger partial charge < -0.3 is 10.4 Å². The van der Waals surface area contributed by atoms with Crippen molar-refractivity contribution in [2.45, 2.75) is 25.7 Å². The Labute approximate surface area is 123 Å². The lowest BCUT2D eigenvalue weighted by atomic mass is 9.95. The molecule has 2 rings (SSSR count). The van der Waals surface area contributed by atoms with E-state index < -0.39 is 11.9 Å². The van der Waals surface area contributed by atoms with Crippen LogP contribution in [0.5, 0.6) is 0 Å². The number of carbonyl (C=O) groups excluding carboxylic acids is 1. The van der Waals surface area contributed by atoms with Crippen molar-refractivity contribution < 1.29 is 14.7 Å². The zero-order chi connectivity index (χ0) is 14.5. The van der Waals surface area contributed by atoms with E-state index >= 15 is 0 Å². The van der Waals surface area contributed by atoms with E-state index in [0.717, 1.165) is 12.0 Å². The molecule has 1 aromatic carbocycles. The average molecular weight is 296 g/mol. The fourth-order valence-electron chi connectivity index (χ4n) is 2.72. The van der Waals surface area contributed by atoms with Gasteiger partial charge in [0.2, 0.25) is 5.91 Å². The van der Waals surface area contributed by atoms with Gasteiger partial charge in [-0.15, -0.1) is 0 Å². The highest BCUT2D eigenvalue weighted by Gasteiger charge is 2.37. The second-order valence-electron chi connectivity index (χ2n) is 5.15. The lowest BCUT2D eigenvalue weighted by molar-refractivity contribution is -0.146. The minimum absolute atomic E-state index is 0.142. The number of carbonyl (C=O) groups is 2. The van der Waals surface area contributed by atoms with Crippen LogP contribution in [0.3, 0.4) is 0 Å². The van der Waals surface area contributed by atoms with Crippen LogP contribution in [0, 0.1) is 11.8 Å². The third-order valence-corrected chi connectivity index (χ3v) is 4.01. The summed E-state index contributed by atoms with van der Waals surface area (Å²) in [5.74, 6) is -1.91. The molecule has 1 saturated carbocycles. The van der Waals surface area contributed by atoms with Crippen LogP contribution in [0.1, 0.15) is 24.8 Å². The number of carboxylic acids is 1. The van der Waals surface area contributed by atoms with E-state index in [2.05, 4.69) is 5.32 Å². The summed E-state index contributed by atoms with van der Waals surface area (Å²) in [6, 6.07) is 7.49. The van der Waals surface area contributed by atoms with Gasteiger partial charge in [0.05, 0.1) is 11.8 Å². The first-order valence-corrected chi connectivity index (χ1v) is 7.20. The SMILES string of the molecule is O=C(O)C1CCCC1C(=O)NCCc1cccc(Cl)c1. The fourth-order valence-corrected chi connectivity index (χ4v) is 2.94. The second kappa shape index (κ2) is 6.75. The summed E-state index contributed by atoms with van der Waals surface area (Å²) in [4.78, 5) is 23.1. The Morgan fingerprint density at radius 3 is 2.75 bits per heavy atom. The Kier molecular flexibility index (Phi) is 5.01. The fraction of sp³-hybridized carbons (Fsp3) is 0.467. The van der Waals surface area contributed by atoms with E-state index in [0.29, 0.717) is 30.8 Å². The van der Waals surface area contributed by atoms with Crippen LogP contribution in [0.15, 0.2) is 24.3 Å². The average Bonchev–Trinajstić information content (AvgIpc) is 2.88. The zero-order valence-corrected chi connectivity index (χ0v) is 11.9. The van der Waals surface area contributed by atoms with E-state index in [4.69, 9.17) is 16.7 Å². The highest BCUT2D eigenvalue weighted by molar-refractivity contribution is 6.30. The Morgan fingerprint density at radius 1 is 1.30 bits per heavy atom. The number of benzene rings is 1. The standard InChI is InChI=1S/C15H18ClNO3/c16-11-4-1-3-10(9-11)7-8-17-14(18)12-5-2-6-13(12)15(19)20/h1,3-4,9,12-13H,2,5-8H2,(H,17,18)(H,19,20). The molecule has 4 nitrogen and oxygen atoms in total. The molecule has 0 saturated heterocycles. The molecule has 0 aliphatic heterocycles. The Bertz CT molecular complexity index is 504. The molecule has 2 atom stereocenters. The Balaban J connectivity index is 1.82. The first kappa shape index (κ1) is 14.9. The van der Waals surface area contributed by atoms with E-state index in [9.17, 15) is 9.59 Å². The lowest BCUT2D eigenvalue weighted by Gasteiger charge is -2.15. The van der Waals surface area contributed by atoms with Crippen LogP contribution in [0.2, 0.25) is 5.02 Å². The summed E-state index contributed by atoms with van der Waals surface area (Å²) in [6.07, 6.45) is 2.77. The molecule has 1 aliphatic carbocycles. The van der Waals surface area contributed by atoms with Crippen molar-refractivity contribution in [2.24, 2.45) is 11.8 Å². The van der Waals surface area contributed by atoms with Gasteiger partial charge in [0.15, 0.2) is 0 Å². The number of hydrogen-bond donors (Lipinski definition) is 2. The van der Waals surface area contributed by atoms with Crippen LogP contribution in [-0.4, -0.2) is 23.5 Å². The number of halogens is 1. The number of rotatable bonds is 5. The summed E-state index contributed by atoms with van der Waals surface area (Å²) in [5, 5.41) is 12.6. The van der Waals surface area contributed by atoms with Gasteiger partial charge in [-0.1, -0.05) is 30.2 Å². The molecule has 20 heavy (non-hydrogen) atoms. The first-order chi connectivity index (χ1) is 9.58. The zero-order valence-electron chi connectivity index (χ0n) is 11.1. The van der Waals surface area contributed by atoms with Crippen LogP contribution in [0.25, 0.3) is 0 Å². The summed E-state index contributed by atoms with van der Waals surface area (Å²) in [7, 11) is 0. The maximum Gasteiger partial charge on any atom is 0.307 e. The molecule has 2 unspecified atom stereocenters. The van der Waals surface area contributed by atoms with Crippen LogP contribution in [0.4, 0.5) is 0 Å². The van der Waals surface area contributed by atoms with Crippen LogP contribution in [-0.2, 0) is 16.0 Å². The molecule has 1 aromatic rings. The Hall–Kier alpha value is -1.55. The van der Waals surface area contributed by atoms with Crippen molar-refractivity contribution in [2.75, 3.05) is 6.54 Å². The molecule has 0 spiro atoms.